The molecule has 1 heterocycles. The molecule has 134 valence electrons. The number of nitrogens with one attached hydrogen (secondary N) is 1. The Morgan fingerprint density at radius 2 is 1.80 bits per heavy atom. The maximum absolute atomic E-state index is 12.4. The van der Waals surface area contributed by atoms with Crippen molar-refractivity contribution < 1.29 is 18.0 Å². The molecule has 8 heteroatoms. The first-order valence-electron chi connectivity index (χ1n) is 7.56. The van der Waals surface area contributed by atoms with Crippen LogP contribution in [-0.4, -0.2) is 43.1 Å². The average molecular weight is 363 g/mol. The summed E-state index contributed by atoms with van der Waals surface area (Å²) in [5, 5.41) is 2.68. The molecule has 0 unspecified atom stereocenters. The number of benzene rings is 1. The Balaban J connectivity index is 2.35. The molecule has 0 bridgehead atoms. The van der Waals surface area contributed by atoms with Crippen molar-refractivity contribution >= 4 is 27.4 Å². The minimum atomic E-state index is -3.61. The Bertz CT molecular complexity index is 943. The highest BCUT2D eigenvalue weighted by atomic mass is 32.2. The number of nitrogens with zero attached hydrogens (tertiary/aromatic N) is 2. The van der Waals surface area contributed by atoms with Gasteiger partial charge in [-0.1, -0.05) is 6.07 Å². The maximum Gasteiger partial charge on any atom is 0.272 e. The van der Waals surface area contributed by atoms with Crippen LogP contribution in [0.25, 0.3) is 0 Å². The second kappa shape index (κ2) is 6.81. The molecule has 7 nitrogen and oxygen atoms in total. The van der Waals surface area contributed by atoms with Crippen molar-refractivity contribution in [3.05, 3.63) is 47.3 Å². The van der Waals surface area contributed by atoms with E-state index in [1.165, 1.54) is 33.2 Å². The zero-order valence-corrected chi connectivity index (χ0v) is 15.6. The number of carbonyl (C=O) groups excluding carboxylic acids is 2. The monoisotopic (exact) mass is 363 g/mol. The number of aryl methyl sites for hydroxylation is 2. The van der Waals surface area contributed by atoms with E-state index in [9.17, 15) is 18.0 Å². The van der Waals surface area contributed by atoms with Gasteiger partial charge in [-0.15, -0.1) is 0 Å². The summed E-state index contributed by atoms with van der Waals surface area (Å²) in [6.45, 7) is 3.12. The second-order valence-corrected chi connectivity index (χ2v) is 8.12. The summed E-state index contributed by atoms with van der Waals surface area (Å²) in [7, 11) is 0.955. The van der Waals surface area contributed by atoms with Crippen LogP contribution in [0.3, 0.4) is 0 Å². The molecule has 2 aromatic rings. The topological polar surface area (TPSA) is 88.5 Å². The molecule has 0 aliphatic heterocycles. The minimum absolute atomic E-state index is 0.131. The van der Waals surface area contributed by atoms with E-state index in [1.807, 2.05) is 0 Å². The highest BCUT2D eigenvalue weighted by Crippen LogP contribution is 2.23. The van der Waals surface area contributed by atoms with E-state index in [0.717, 1.165) is 4.31 Å². The van der Waals surface area contributed by atoms with Gasteiger partial charge in [0.15, 0.2) is 5.78 Å². The van der Waals surface area contributed by atoms with Crippen LogP contribution in [0.4, 0.5) is 5.69 Å². The molecule has 1 N–H and O–H groups in total. The third kappa shape index (κ3) is 3.80. The first-order valence-corrected chi connectivity index (χ1v) is 9.00. The Morgan fingerprint density at radius 3 is 2.32 bits per heavy atom. The van der Waals surface area contributed by atoms with Crippen molar-refractivity contribution in [2.24, 2.45) is 7.05 Å². The zero-order valence-electron chi connectivity index (χ0n) is 14.8. The number of ketones is 1. The molecule has 0 saturated heterocycles. The van der Waals surface area contributed by atoms with Gasteiger partial charge in [0, 0.05) is 38.6 Å². The highest BCUT2D eigenvalue weighted by Gasteiger charge is 2.21. The van der Waals surface area contributed by atoms with Crippen molar-refractivity contribution in [2.75, 3.05) is 19.4 Å². The molecule has 0 spiro atoms. The number of rotatable bonds is 5. The van der Waals surface area contributed by atoms with Gasteiger partial charge in [0.1, 0.15) is 5.69 Å². The van der Waals surface area contributed by atoms with E-state index < -0.39 is 15.9 Å². The van der Waals surface area contributed by atoms with Gasteiger partial charge in [-0.3, -0.25) is 9.59 Å². The van der Waals surface area contributed by atoms with Gasteiger partial charge >= 0.3 is 0 Å². The summed E-state index contributed by atoms with van der Waals surface area (Å²) in [4.78, 5) is 24.0. The Labute approximate surface area is 147 Å². The SMILES string of the molecule is CC(=O)c1cc(C(=O)Nc2ccc(C)c(S(=O)(=O)N(C)C)c2)n(C)c1. The second-order valence-electron chi connectivity index (χ2n) is 6.00. The van der Waals surface area contributed by atoms with Crippen LogP contribution in [0.5, 0.6) is 0 Å². The molecule has 1 aromatic heterocycles. The first-order chi connectivity index (χ1) is 11.5. The molecule has 2 rings (SSSR count). The van der Waals surface area contributed by atoms with Crippen molar-refractivity contribution in [1.82, 2.24) is 8.87 Å². The van der Waals surface area contributed by atoms with Crippen LogP contribution in [0.1, 0.15) is 33.3 Å². The van der Waals surface area contributed by atoms with Crippen molar-refractivity contribution in [3.63, 3.8) is 0 Å². The van der Waals surface area contributed by atoms with Crippen LogP contribution in [0.2, 0.25) is 0 Å². The number of sulfonamides is 1. The molecule has 1 aromatic carbocycles. The smallest absolute Gasteiger partial charge is 0.272 e. The summed E-state index contributed by atoms with van der Waals surface area (Å²) < 4.78 is 27.4. The third-order valence-electron chi connectivity index (χ3n) is 3.85. The lowest BCUT2D eigenvalue weighted by Crippen LogP contribution is -2.23. The number of hydrogen-bond donors (Lipinski definition) is 1. The maximum atomic E-state index is 12.4. The lowest BCUT2D eigenvalue weighted by molar-refractivity contribution is 0.101. The molecule has 0 radical (unpaired) electrons. The summed E-state index contributed by atoms with van der Waals surface area (Å²) in [5.74, 6) is -0.559. The lowest BCUT2D eigenvalue weighted by atomic mass is 10.2. The molecule has 0 saturated carbocycles. The quantitative estimate of drug-likeness (QED) is 0.824. The lowest BCUT2D eigenvalue weighted by Gasteiger charge is -2.15. The predicted molar refractivity (Wildman–Crippen MR) is 95.4 cm³/mol. The molecule has 0 fully saturated rings. The molecule has 1 amide bonds. The molecule has 25 heavy (non-hydrogen) atoms. The van der Waals surface area contributed by atoms with Crippen molar-refractivity contribution in [3.8, 4) is 0 Å². The standard InChI is InChI=1S/C17H21N3O4S/c1-11-6-7-14(9-16(11)25(23,24)19(3)4)18-17(22)15-8-13(12(2)21)10-20(15)5/h6-10H,1-5H3,(H,18,22). The van der Waals surface area contributed by atoms with Crippen molar-refractivity contribution in [1.29, 1.82) is 0 Å². The van der Waals surface area contributed by atoms with Gasteiger partial charge in [0.25, 0.3) is 5.91 Å². The zero-order chi connectivity index (χ0) is 18.9. The van der Waals surface area contributed by atoms with Gasteiger partial charge in [0.2, 0.25) is 10.0 Å². The van der Waals surface area contributed by atoms with Gasteiger partial charge < -0.3 is 9.88 Å². The summed E-state index contributed by atoms with van der Waals surface area (Å²) in [5.41, 5.74) is 1.70. The van der Waals surface area contributed by atoms with E-state index in [1.54, 1.807) is 36.9 Å². The molecule has 0 aliphatic carbocycles. The fourth-order valence-corrected chi connectivity index (χ4v) is 3.47. The molecular formula is C17H21N3O4S. The summed E-state index contributed by atoms with van der Waals surface area (Å²) in [6.07, 6.45) is 1.58. The van der Waals surface area contributed by atoms with E-state index >= 15 is 0 Å². The number of hydrogen-bond acceptors (Lipinski definition) is 4. The summed E-state index contributed by atoms with van der Waals surface area (Å²) >= 11 is 0. The van der Waals surface area contributed by atoms with Gasteiger partial charge in [0.05, 0.1) is 4.90 Å². The molecular weight excluding hydrogens is 342 g/mol. The number of Topliss-reactive ketones (excluding diaryl/α,β-unsaturated/α-hetero) is 1. The van der Waals surface area contributed by atoms with E-state index in [0.29, 0.717) is 22.5 Å². The van der Waals surface area contributed by atoms with Gasteiger partial charge in [-0.05, 0) is 37.6 Å². The van der Waals surface area contributed by atoms with Crippen LogP contribution in [0, 0.1) is 6.92 Å². The van der Waals surface area contributed by atoms with Crippen LogP contribution >= 0.6 is 0 Å². The normalized spacial score (nSPS) is 11.6. The van der Waals surface area contributed by atoms with Gasteiger partial charge in [-0.25, -0.2) is 12.7 Å². The highest BCUT2D eigenvalue weighted by molar-refractivity contribution is 7.89. The number of anilines is 1. The number of amides is 1. The average Bonchev–Trinajstić information content (AvgIpc) is 2.91. The molecule has 0 atom stereocenters. The van der Waals surface area contributed by atoms with E-state index in [2.05, 4.69) is 5.32 Å². The predicted octanol–water partition coefficient (Wildman–Crippen LogP) is 2.04. The molecule has 0 aliphatic rings. The minimum Gasteiger partial charge on any atom is -0.346 e. The number of aromatic nitrogens is 1. The van der Waals surface area contributed by atoms with Gasteiger partial charge in [-0.2, -0.15) is 0 Å². The van der Waals surface area contributed by atoms with Crippen LogP contribution in [0.15, 0.2) is 35.4 Å². The van der Waals surface area contributed by atoms with E-state index in [-0.39, 0.29) is 10.7 Å². The largest absolute Gasteiger partial charge is 0.346 e. The summed E-state index contributed by atoms with van der Waals surface area (Å²) in [6, 6.07) is 6.20. The van der Waals surface area contributed by atoms with Crippen molar-refractivity contribution in [2.45, 2.75) is 18.7 Å². The van der Waals surface area contributed by atoms with Crippen LogP contribution in [-0.2, 0) is 17.1 Å². The Morgan fingerprint density at radius 1 is 1.16 bits per heavy atom. The Kier molecular flexibility index (Phi) is 5.15. The third-order valence-corrected chi connectivity index (χ3v) is 5.81. The fraction of sp³-hybridized carbons (Fsp3) is 0.294. The van der Waals surface area contributed by atoms with Crippen LogP contribution < -0.4 is 5.32 Å². The first kappa shape index (κ1) is 18.9. The Hall–Kier alpha value is -2.45. The number of carbonyl (C=O) groups is 2. The fourth-order valence-electron chi connectivity index (χ4n) is 2.33. The van der Waals surface area contributed by atoms with E-state index in [4.69, 9.17) is 0 Å².